The highest BCUT2D eigenvalue weighted by atomic mass is 32.2. The molecule has 2 aromatic rings. The Labute approximate surface area is 200 Å². The minimum absolute atomic E-state index is 0.180. The van der Waals surface area contributed by atoms with E-state index in [1.165, 1.54) is 0 Å². The molecule has 9 heteroatoms. The number of aryl methyl sites for hydroxylation is 1. The van der Waals surface area contributed by atoms with E-state index in [9.17, 15) is 18.0 Å². The minimum atomic E-state index is -3.79. The van der Waals surface area contributed by atoms with Crippen molar-refractivity contribution >= 4 is 21.8 Å². The van der Waals surface area contributed by atoms with Crippen molar-refractivity contribution in [3.63, 3.8) is 0 Å². The molecule has 0 saturated carbocycles. The standard InChI is InChI=1S/C25H31N3O5S/c1-2-34(31,32)23(14-13-20-9-5-3-6-10-20)27-24(29)22(19-21-11-7-4-8-12-21)26-25(30)28-15-17-33-18-16-28/h2-12,22-23H,1,13-19H2,(H,26,30)(H,27,29)/t22-,23+/m0/s1. The van der Waals surface area contributed by atoms with Crippen molar-refractivity contribution in [2.24, 2.45) is 0 Å². The number of carbonyl (C=O) groups is 2. The summed E-state index contributed by atoms with van der Waals surface area (Å²) in [6.07, 6.45) is 0.865. The Balaban J connectivity index is 1.75. The van der Waals surface area contributed by atoms with Gasteiger partial charge in [0.05, 0.1) is 13.2 Å². The first-order chi connectivity index (χ1) is 16.4. The first-order valence-electron chi connectivity index (χ1n) is 11.3. The fraction of sp³-hybridized carbons (Fsp3) is 0.360. The molecular formula is C25H31N3O5S. The second-order valence-corrected chi connectivity index (χ2v) is 10.1. The molecule has 2 atom stereocenters. The van der Waals surface area contributed by atoms with Gasteiger partial charge in [-0.05, 0) is 24.0 Å². The fourth-order valence-electron chi connectivity index (χ4n) is 3.70. The predicted octanol–water partition coefficient (Wildman–Crippen LogP) is 2.27. The van der Waals surface area contributed by atoms with Crippen LogP contribution in [0, 0.1) is 0 Å². The van der Waals surface area contributed by atoms with Crippen LogP contribution >= 0.6 is 0 Å². The molecule has 2 aromatic carbocycles. The van der Waals surface area contributed by atoms with Crippen molar-refractivity contribution in [3.8, 4) is 0 Å². The number of sulfone groups is 1. The Morgan fingerprint density at radius 2 is 1.56 bits per heavy atom. The zero-order valence-electron chi connectivity index (χ0n) is 19.1. The maximum atomic E-state index is 13.3. The first kappa shape index (κ1) is 25.5. The smallest absolute Gasteiger partial charge is 0.318 e. The zero-order valence-corrected chi connectivity index (χ0v) is 19.9. The summed E-state index contributed by atoms with van der Waals surface area (Å²) in [6, 6.07) is 17.4. The van der Waals surface area contributed by atoms with Crippen LogP contribution in [0.2, 0.25) is 0 Å². The summed E-state index contributed by atoms with van der Waals surface area (Å²) in [5.74, 6) is -0.561. The quantitative estimate of drug-likeness (QED) is 0.537. The van der Waals surface area contributed by atoms with Gasteiger partial charge in [0, 0.05) is 24.9 Å². The van der Waals surface area contributed by atoms with Crippen molar-refractivity contribution in [2.45, 2.75) is 30.7 Å². The van der Waals surface area contributed by atoms with Gasteiger partial charge in [-0.15, -0.1) is 0 Å². The molecule has 2 N–H and O–H groups in total. The third kappa shape index (κ3) is 7.43. The van der Waals surface area contributed by atoms with Gasteiger partial charge in [-0.2, -0.15) is 0 Å². The molecule has 182 valence electrons. The molecule has 0 aromatic heterocycles. The Kier molecular flexibility index (Phi) is 9.24. The van der Waals surface area contributed by atoms with Crippen LogP contribution in [0.25, 0.3) is 0 Å². The number of carbonyl (C=O) groups excluding carboxylic acids is 2. The van der Waals surface area contributed by atoms with Gasteiger partial charge in [-0.3, -0.25) is 4.79 Å². The molecule has 1 saturated heterocycles. The third-order valence-electron chi connectivity index (χ3n) is 5.67. The van der Waals surface area contributed by atoms with E-state index in [0.29, 0.717) is 32.7 Å². The molecule has 1 aliphatic rings. The lowest BCUT2D eigenvalue weighted by atomic mass is 10.0. The number of ether oxygens (including phenoxy) is 1. The van der Waals surface area contributed by atoms with E-state index < -0.39 is 27.2 Å². The highest BCUT2D eigenvalue weighted by Gasteiger charge is 2.30. The molecule has 0 aliphatic carbocycles. The Morgan fingerprint density at radius 3 is 2.15 bits per heavy atom. The average Bonchev–Trinajstić information content (AvgIpc) is 2.87. The molecule has 34 heavy (non-hydrogen) atoms. The maximum Gasteiger partial charge on any atom is 0.318 e. The summed E-state index contributed by atoms with van der Waals surface area (Å²) < 4.78 is 30.6. The number of nitrogens with zero attached hydrogens (tertiary/aromatic N) is 1. The summed E-state index contributed by atoms with van der Waals surface area (Å²) in [5.41, 5.74) is 1.81. The van der Waals surface area contributed by atoms with Crippen LogP contribution in [0.15, 0.2) is 72.7 Å². The van der Waals surface area contributed by atoms with Crippen LogP contribution in [-0.2, 0) is 32.2 Å². The largest absolute Gasteiger partial charge is 0.378 e. The van der Waals surface area contributed by atoms with Gasteiger partial charge in [0.1, 0.15) is 11.4 Å². The summed E-state index contributed by atoms with van der Waals surface area (Å²) >= 11 is 0. The van der Waals surface area contributed by atoms with Gasteiger partial charge in [0.15, 0.2) is 9.84 Å². The molecule has 1 fully saturated rings. The van der Waals surface area contributed by atoms with Crippen LogP contribution in [0.4, 0.5) is 4.79 Å². The zero-order chi connectivity index (χ0) is 24.4. The number of benzene rings is 2. The van der Waals surface area contributed by atoms with E-state index in [4.69, 9.17) is 4.74 Å². The average molecular weight is 486 g/mol. The second-order valence-electron chi connectivity index (χ2n) is 8.07. The predicted molar refractivity (Wildman–Crippen MR) is 131 cm³/mol. The Bertz CT molecular complexity index is 1050. The number of rotatable bonds is 10. The summed E-state index contributed by atoms with van der Waals surface area (Å²) in [5, 5.41) is 5.14. The summed E-state index contributed by atoms with van der Waals surface area (Å²) in [6.45, 7) is 5.13. The van der Waals surface area contributed by atoms with E-state index in [2.05, 4.69) is 17.2 Å². The first-order valence-corrected chi connectivity index (χ1v) is 12.9. The number of morpholine rings is 1. The molecule has 1 aliphatic heterocycles. The van der Waals surface area contributed by atoms with E-state index in [-0.39, 0.29) is 18.9 Å². The second kappa shape index (κ2) is 12.3. The molecule has 0 radical (unpaired) electrons. The lowest BCUT2D eigenvalue weighted by molar-refractivity contribution is -0.123. The summed E-state index contributed by atoms with van der Waals surface area (Å²) in [4.78, 5) is 27.7. The third-order valence-corrected chi connectivity index (χ3v) is 7.28. The van der Waals surface area contributed by atoms with E-state index in [1.54, 1.807) is 4.90 Å². The van der Waals surface area contributed by atoms with Crippen molar-refractivity contribution in [1.82, 2.24) is 15.5 Å². The van der Waals surface area contributed by atoms with Gasteiger partial charge in [-0.25, -0.2) is 13.2 Å². The minimum Gasteiger partial charge on any atom is -0.378 e. The van der Waals surface area contributed by atoms with Gasteiger partial charge < -0.3 is 20.3 Å². The van der Waals surface area contributed by atoms with E-state index >= 15 is 0 Å². The Hall–Kier alpha value is -3.17. The lowest BCUT2D eigenvalue weighted by Crippen LogP contribution is -2.56. The Morgan fingerprint density at radius 1 is 0.971 bits per heavy atom. The molecular weight excluding hydrogens is 454 g/mol. The van der Waals surface area contributed by atoms with Crippen molar-refractivity contribution < 1.29 is 22.7 Å². The van der Waals surface area contributed by atoms with E-state index in [0.717, 1.165) is 16.5 Å². The number of nitrogens with one attached hydrogen (secondary N) is 2. The van der Waals surface area contributed by atoms with Crippen LogP contribution in [-0.4, -0.2) is 63.0 Å². The number of urea groups is 1. The van der Waals surface area contributed by atoms with Crippen LogP contribution < -0.4 is 10.6 Å². The molecule has 0 spiro atoms. The van der Waals surface area contributed by atoms with E-state index in [1.807, 2.05) is 60.7 Å². The maximum absolute atomic E-state index is 13.3. The lowest BCUT2D eigenvalue weighted by Gasteiger charge is -2.29. The molecule has 8 nitrogen and oxygen atoms in total. The van der Waals surface area contributed by atoms with Crippen molar-refractivity contribution in [3.05, 3.63) is 83.8 Å². The molecule has 0 unspecified atom stereocenters. The van der Waals surface area contributed by atoms with Crippen molar-refractivity contribution in [1.29, 1.82) is 0 Å². The number of amides is 3. The SMILES string of the molecule is C=CS(=O)(=O)[C@H](CCc1ccccc1)NC(=O)[C@H](Cc1ccccc1)NC(=O)N1CCOCC1. The molecule has 3 rings (SSSR count). The van der Waals surface area contributed by atoms with Crippen LogP contribution in [0.3, 0.4) is 0 Å². The highest BCUT2D eigenvalue weighted by Crippen LogP contribution is 2.13. The topological polar surface area (TPSA) is 105 Å². The molecule has 3 amide bonds. The van der Waals surface area contributed by atoms with Gasteiger partial charge in [0.2, 0.25) is 5.91 Å². The highest BCUT2D eigenvalue weighted by molar-refractivity contribution is 7.94. The molecule has 1 heterocycles. The van der Waals surface area contributed by atoms with Gasteiger partial charge in [0.25, 0.3) is 0 Å². The summed E-state index contributed by atoms with van der Waals surface area (Å²) in [7, 11) is -3.79. The normalized spacial score (nSPS) is 15.7. The van der Waals surface area contributed by atoms with Crippen LogP contribution in [0.1, 0.15) is 17.5 Å². The fourth-order valence-corrected chi connectivity index (χ4v) is 4.66. The molecule has 0 bridgehead atoms. The monoisotopic (exact) mass is 485 g/mol. The number of hydrogen-bond acceptors (Lipinski definition) is 5. The van der Waals surface area contributed by atoms with Gasteiger partial charge >= 0.3 is 6.03 Å². The number of hydrogen-bond donors (Lipinski definition) is 2. The van der Waals surface area contributed by atoms with Crippen molar-refractivity contribution in [2.75, 3.05) is 26.3 Å². The van der Waals surface area contributed by atoms with Crippen LogP contribution in [0.5, 0.6) is 0 Å². The van der Waals surface area contributed by atoms with Gasteiger partial charge in [-0.1, -0.05) is 67.2 Å².